The van der Waals surface area contributed by atoms with Gasteiger partial charge in [0.05, 0.1) is 0 Å². The van der Waals surface area contributed by atoms with Crippen LogP contribution in [0.2, 0.25) is 0 Å². The monoisotopic (exact) mass is 290 g/mol. The number of anilines is 1. The molecular formula is C17H26N2S. The van der Waals surface area contributed by atoms with E-state index in [9.17, 15) is 0 Å². The second-order valence-electron chi connectivity index (χ2n) is 6.06. The van der Waals surface area contributed by atoms with E-state index < -0.39 is 0 Å². The lowest BCUT2D eigenvalue weighted by molar-refractivity contribution is 0.431. The molecule has 20 heavy (non-hydrogen) atoms. The van der Waals surface area contributed by atoms with Gasteiger partial charge in [-0.1, -0.05) is 12.1 Å². The maximum Gasteiger partial charge on any atom is 0.0369 e. The summed E-state index contributed by atoms with van der Waals surface area (Å²) in [5.74, 6) is 2.64. The van der Waals surface area contributed by atoms with Gasteiger partial charge < -0.3 is 10.2 Å². The minimum absolute atomic E-state index is 0.464. The number of rotatable bonds is 4. The molecule has 2 fully saturated rings. The molecule has 1 N–H and O–H groups in total. The Bertz CT molecular complexity index is 423. The zero-order chi connectivity index (χ0) is 13.8. The molecular weight excluding hydrogens is 264 g/mol. The standard InChI is InChI=1S/C17H26N2S/c1-14(18-16-7-11-20-12-8-16)15-5-4-6-17(13-15)19-9-2-3-10-19/h4-6,13-14,16,18H,2-3,7-12H2,1H3/t14-/m0/s1. The zero-order valence-electron chi connectivity index (χ0n) is 12.5. The van der Waals surface area contributed by atoms with Crippen molar-refractivity contribution in [3.63, 3.8) is 0 Å². The summed E-state index contributed by atoms with van der Waals surface area (Å²) in [5, 5.41) is 3.82. The van der Waals surface area contributed by atoms with Gasteiger partial charge in [0, 0.05) is 30.9 Å². The van der Waals surface area contributed by atoms with E-state index in [1.807, 2.05) is 0 Å². The summed E-state index contributed by atoms with van der Waals surface area (Å²) >= 11 is 2.09. The van der Waals surface area contributed by atoms with E-state index in [0.29, 0.717) is 12.1 Å². The first-order valence-corrected chi connectivity index (χ1v) is 9.17. The van der Waals surface area contributed by atoms with Crippen LogP contribution in [0.4, 0.5) is 5.69 Å². The molecule has 1 atom stereocenters. The van der Waals surface area contributed by atoms with Crippen LogP contribution in [0, 0.1) is 0 Å². The first-order chi connectivity index (χ1) is 9.83. The Kier molecular flexibility index (Phi) is 4.90. The topological polar surface area (TPSA) is 15.3 Å². The quantitative estimate of drug-likeness (QED) is 0.907. The molecule has 2 aliphatic rings. The molecule has 0 radical (unpaired) electrons. The molecule has 0 aliphatic carbocycles. The minimum atomic E-state index is 0.464. The Morgan fingerprint density at radius 1 is 1.20 bits per heavy atom. The highest BCUT2D eigenvalue weighted by molar-refractivity contribution is 7.99. The fourth-order valence-corrected chi connectivity index (χ4v) is 4.39. The van der Waals surface area contributed by atoms with Gasteiger partial charge in [-0.05, 0) is 61.8 Å². The van der Waals surface area contributed by atoms with Crippen LogP contribution in [0.25, 0.3) is 0 Å². The summed E-state index contributed by atoms with van der Waals surface area (Å²) in [5.41, 5.74) is 2.85. The average molecular weight is 290 g/mol. The van der Waals surface area contributed by atoms with Gasteiger partial charge >= 0.3 is 0 Å². The van der Waals surface area contributed by atoms with E-state index in [2.05, 4.69) is 53.2 Å². The summed E-state index contributed by atoms with van der Waals surface area (Å²) in [4.78, 5) is 2.52. The van der Waals surface area contributed by atoms with Crippen LogP contribution in [-0.4, -0.2) is 30.6 Å². The fourth-order valence-electron chi connectivity index (χ4n) is 3.28. The molecule has 0 amide bonds. The predicted octanol–water partition coefficient (Wildman–Crippen LogP) is 3.83. The van der Waals surface area contributed by atoms with Gasteiger partial charge in [0.2, 0.25) is 0 Å². The van der Waals surface area contributed by atoms with Crippen molar-refractivity contribution in [3.05, 3.63) is 29.8 Å². The van der Waals surface area contributed by atoms with Crippen molar-refractivity contribution in [2.24, 2.45) is 0 Å². The number of benzene rings is 1. The van der Waals surface area contributed by atoms with Crippen LogP contribution >= 0.6 is 11.8 Å². The first kappa shape index (κ1) is 14.3. The maximum absolute atomic E-state index is 3.82. The van der Waals surface area contributed by atoms with Gasteiger partial charge in [0.25, 0.3) is 0 Å². The van der Waals surface area contributed by atoms with Crippen LogP contribution in [0.5, 0.6) is 0 Å². The lowest BCUT2D eigenvalue weighted by Crippen LogP contribution is -2.34. The largest absolute Gasteiger partial charge is 0.372 e. The van der Waals surface area contributed by atoms with Crippen molar-refractivity contribution in [3.8, 4) is 0 Å². The highest BCUT2D eigenvalue weighted by atomic mass is 32.2. The van der Waals surface area contributed by atoms with Crippen LogP contribution < -0.4 is 10.2 Å². The normalized spacial score (nSPS) is 22.1. The van der Waals surface area contributed by atoms with E-state index >= 15 is 0 Å². The molecule has 1 aromatic carbocycles. The molecule has 0 unspecified atom stereocenters. The van der Waals surface area contributed by atoms with Gasteiger partial charge in [-0.2, -0.15) is 11.8 Å². The molecule has 0 aromatic heterocycles. The molecule has 2 heterocycles. The van der Waals surface area contributed by atoms with E-state index in [1.54, 1.807) is 0 Å². The lowest BCUT2D eigenvalue weighted by atomic mass is 10.0. The number of hydrogen-bond acceptors (Lipinski definition) is 3. The Hall–Kier alpha value is -0.670. The van der Waals surface area contributed by atoms with Crippen molar-refractivity contribution < 1.29 is 0 Å². The molecule has 2 aliphatic heterocycles. The summed E-state index contributed by atoms with van der Waals surface area (Å²) in [6.45, 7) is 4.76. The van der Waals surface area contributed by atoms with Gasteiger partial charge in [0.1, 0.15) is 0 Å². The Balaban J connectivity index is 1.64. The van der Waals surface area contributed by atoms with E-state index in [0.717, 1.165) is 0 Å². The Labute approximate surface area is 127 Å². The van der Waals surface area contributed by atoms with Crippen LogP contribution in [0.3, 0.4) is 0 Å². The number of nitrogens with zero attached hydrogens (tertiary/aromatic N) is 1. The van der Waals surface area contributed by atoms with Crippen LogP contribution in [0.1, 0.15) is 44.2 Å². The maximum atomic E-state index is 3.82. The second kappa shape index (κ2) is 6.86. The minimum Gasteiger partial charge on any atom is -0.372 e. The molecule has 3 heteroatoms. The third-order valence-corrected chi connectivity index (χ3v) is 5.60. The molecule has 110 valence electrons. The SMILES string of the molecule is C[C@H](NC1CCSCC1)c1cccc(N2CCCC2)c1. The smallest absolute Gasteiger partial charge is 0.0369 e. The fraction of sp³-hybridized carbons (Fsp3) is 0.647. The average Bonchev–Trinajstić information content (AvgIpc) is 3.03. The highest BCUT2D eigenvalue weighted by Gasteiger charge is 2.18. The Morgan fingerprint density at radius 2 is 1.95 bits per heavy atom. The van der Waals surface area contributed by atoms with E-state index in [-0.39, 0.29) is 0 Å². The first-order valence-electron chi connectivity index (χ1n) is 8.01. The van der Waals surface area contributed by atoms with Gasteiger partial charge in [-0.15, -0.1) is 0 Å². The van der Waals surface area contributed by atoms with Gasteiger partial charge in [-0.3, -0.25) is 0 Å². The summed E-state index contributed by atoms with van der Waals surface area (Å²) in [6, 6.07) is 10.3. The summed E-state index contributed by atoms with van der Waals surface area (Å²) in [7, 11) is 0. The lowest BCUT2D eigenvalue weighted by Gasteiger charge is -2.27. The molecule has 2 nitrogen and oxygen atoms in total. The predicted molar refractivity (Wildman–Crippen MR) is 89.8 cm³/mol. The number of hydrogen-bond donors (Lipinski definition) is 1. The highest BCUT2D eigenvalue weighted by Crippen LogP contribution is 2.25. The summed E-state index contributed by atoms with van der Waals surface area (Å²) in [6.07, 6.45) is 5.33. The van der Waals surface area contributed by atoms with Crippen molar-refractivity contribution in [2.45, 2.75) is 44.7 Å². The van der Waals surface area contributed by atoms with Crippen LogP contribution in [0.15, 0.2) is 24.3 Å². The third-order valence-electron chi connectivity index (χ3n) is 4.55. The van der Waals surface area contributed by atoms with Crippen molar-refractivity contribution >= 4 is 17.4 Å². The number of nitrogens with one attached hydrogen (secondary N) is 1. The van der Waals surface area contributed by atoms with Crippen molar-refractivity contribution in [2.75, 3.05) is 29.5 Å². The molecule has 0 bridgehead atoms. The molecule has 1 aromatic rings. The van der Waals surface area contributed by atoms with Gasteiger partial charge in [0.15, 0.2) is 0 Å². The third kappa shape index (κ3) is 3.50. The van der Waals surface area contributed by atoms with Gasteiger partial charge in [-0.25, -0.2) is 0 Å². The molecule has 3 rings (SSSR count). The van der Waals surface area contributed by atoms with E-state index in [4.69, 9.17) is 0 Å². The Morgan fingerprint density at radius 3 is 2.70 bits per heavy atom. The summed E-state index contributed by atoms with van der Waals surface area (Å²) < 4.78 is 0. The molecule has 2 saturated heterocycles. The van der Waals surface area contributed by atoms with E-state index in [1.165, 1.54) is 61.5 Å². The van der Waals surface area contributed by atoms with Crippen molar-refractivity contribution in [1.29, 1.82) is 0 Å². The molecule has 0 saturated carbocycles. The number of thioether (sulfide) groups is 1. The second-order valence-corrected chi connectivity index (χ2v) is 7.29. The van der Waals surface area contributed by atoms with Crippen LogP contribution in [-0.2, 0) is 0 Å². The zero-order valence-corrected chi connectivity index (χ0v) is 13.3. The van der Waals surface area contributed by atoms with Crippen molar-refractivity contribution in [1.82, 2.24) is 5.32 Å². The molecule has 0 spiro atoms.